The third-order valence-electron chi connectivity index (χ3n) is 5.45. The standard InChI is InChI=1S/C24H32N2O4/c1-17-9-7-11-21(19(17)3)25(5)23(27)15-29-13-14-30-16-24(28)26(6)22-12-8-10-18(2)20(22)4/h7-12H,13-16H2,1-6H3. The summed E-state index contributed by atoms with van der Waals surface area (Å²) in [5.74, 6) is -0.260. The molecule has 0 aliphatic carbocycles. The van der Waals surface area contributed by atoms with Crippen LogP contribution < -0.4 is 9.80 Å². The van der Waals surface area contributed by atoms with Crippen LogP contribution in [0.15, 0.2) is 36.4 Å². The molecule has 0 N–H and O–H groups in total. The molecular formula is C24H32N2O4. The quantitative estimate of drug-likeness (QED) is 0.591. The molecule has 0 saturated heterocycles. The molecule has 0 saturated carbocycles. The lowest BCUT2D eigenvalue weighted by Crippen LogP contribution is -2.32. The molecular weight excluding hydrogens is 380 g/mol. The molecule has 0 aromatic heterocycles. The second-order valence-corrected chi connectivity index (χ2v) is 7.45. The Morgan fingerprint density at radius 1 is 0.700 bits per heavy atom. The smallest absolute Gasteiger partial charge is 0.252 e. The Bertz CT molecular complexity index is 821. The van der Waals surface area contributed by atoms with Crippen LogP contribution in [0.3, 0.4) is 0 Å². The van der Waals surface area contributed by atoms with E-state index in [1.54, 1.807) is 23.9 Å². The number of hydrogen-bond donors (Lipinski definition) is 0. The molecule has 0 aliphatic rings. The molecule has 0 fully saturated rings. The Hall–Kier alpha value is -2.70. The molecule has 30 heavy (non-hydrogen) atoms. The van der Waals surface area contributed by atoms with Crippen LogP contribution in [0.1, 0.15) is 22.3 Å². The molecule has 0 heterocycles. The van der Waals surface area contributed by atoms with Crippen LogP contribution in [0.4, 0.5) is 11.4 Å². The normalized spacial score (nSPS) is 10.7. The average Bonchev–Trinajstić information content (AvgIpc) is 2.73. The van der Waals surface area contributed by atoms with Crippen molar-refractivity contribution in [3.63, 3.8) is 0 Å². The molecule has 6 heteroatoms. The van der Waals surface area contributed by atoms with Crippen LogP contribution in [-0.2, 0) is 19.1 Å². The van der Waals surface area contributed by atoms with Crippen LogP contribution in [-0.4, -0.2) is 52.3 Å². The largest absolute Gasteiger partial charge is 0.369 e. The highest BCUT2D eigenvalue weighted by Gasteiger charge is 2.15. The monoisotopic (exact) mass is 412 g/mol. The third kappa shape index (κ3) is 5.90. The number of carbonyl (C=O) groups is 2. The number of ether oxygens (including phenoxy) is 2. The van der Waals surface area contributed by atoms with Gasteiger partial charge in [0, 0.05) is 25.5 Å². The number of rotatable bonds is 9. The van der Waals surface area contributed by atoms with Crippen molar-refractivity contribution in [1.29, 1.82) is 0 Å². The van der Waals surface area contributed by atoms with E-state index in [4.69, 9.17) is 9.47 Å². The number of anilines is 2. The maximum atomic E-state index is 12.4. The van der Waals surface area contributed by atoms with E-state index < -0.39 is 0 Å². The summed E-state index contributed by atoms with van der Waals surface area (Å²) in [5, 5.41) is 0. The van der Waals surface area contributed by atoms with Gasteiger partial charge in [-0.3, -0.25) is 9.59 Å². The lowest BCUT2D eigenvalue weighted by molar-refractivity contribution is -0.126. The van der Waals surface area contributed by atoms with E-state index >= 15 is 0 Å². The van der Waals surface area contributed by atoms with Crippen molar-refractivity contribution >= 4 is 23.2 Å². The predicted molar refractivity (Wildman–Crippen MR) is 120 cm³/mol. The number of likely N-dealkylation sites (N-methyl/N-ethyl adjacent to an activating group) is 2. The lowest BCUT2D eigenvalue weighted by atomic mass is 10.1. The summed E-state index contributed by atoms with van der Waals surface area (Å²) in [6.45, 7) is 8.44. The molecule has 0 atom stereocenters. The number of benzene rings is 2. The van der Waals surface area contributed by atoms with Gasteiger partial charge in [0.05, 0.1) is 13.2 Å². The van der Waals surface area contributed by atoms with Gasteiger partial charge in [0.25, 0.3) is 11.8 Å². The fraction of sp³-hybridized carbons (Fsp3) is 0.417. The zero-order valence-electron chi connectivity index (χ0n) is 18.8. The number of carbonyl (C=O) groups excluding carboxylic acids is 2. The van der Waals surface area contributed by atoms with Gasteiger partial charge in [-0.2, -0.15) is 0 Å². The van der Waals surface area contributed by atoms with Crippen molar-refractivity contribution in [3.8, 4) is 0 Å². The summed E-state index contributed by atoms with van der Waals surface area (Å²) in [7, 11) is 3.48. The first-order chi connectivity index (χ1) is 14.2. The van der Waals surface area contributed by atoms with E-state index in [9.17, 15) is 9.59 Å². The fourth-order valence-corrected chi connectivity index (χ4v) is 3.10. The van der Waals surface area contributed by atoms with Gasteiger partial charge in [0.2, 0.25) is 0 Å². The zero-order valence-corrected chi connectivity index (χ0v) is 18.8. The summed E-state index contributed by atoms with van der Waals surface area (Å²) in [6, 6.07) is 11.7. The van der Waals surface area contributed by atoms with Crippen LogP contribution in [0.2, 0.25) is 0 Å². The van der Waals surface area contributed by atoms with Gasteiger partial charge >= 0.3 is 0 Å². The topological polar surface area (TPSA) is 59.1 Å². The molecule has 2 aromatic carbocycles. The molecule has 2 aromatic rings. The molecule has 0 unspecified atom stereocenters. The van der Waals surface area contributed by atoms with Crippen molar-refractivity contribution in [2.24, 2.45) is 0 Å². The van der Waals surface area contributed by atoms with Crippen molar-refractivity contribution in [2.75, 3.05) is 50.3 Å². The van der Waals surface area contributed by atoms with Crippen LogP contribution >= 0.6 is 0 Å². The number of nitrogens with zero attached hydrogens (tertiary/aromatic N) is 2. The molecule has 0 aliphatic heterocycles. The maximum Gasteiger partial charge on any atom is 0.252 e. The molecule has 0 radical (unpaired) electrons. The van der Waals surface area contributed by atoms with E-state index in [1.165, 1.54) is 0 Å². The van der Waals surface area contributed by atoms with Gasteiger partial charge in [-0.05, 0) is 62.1 Å². The van der Waals surface area contributed by atoms with Gasteiger partial charge < -0.3 is 19.3 Å². The Labute approximate surface area is 179 Å². The molecule has 0 bridgehead atoms. The van der Waals surface area contributed by atoms with Crippen molar-refractivity contribution in [3.05, 3.63) is 58.7 Å². The first-order valence-electron chi connectivity index (χ1n) is 10.0. The van der Waals surface area contributed by atoms with Crippen LogP contribution in [0.5, 0.6) is 0 Å². The van der Waals surface area contributed by atoms with Crippen LogP contribution in [0, 0.1) is 27.7 Å². The summed E-state index contributed by atoms with van der Waals surface area (Å²) in [5.41, 5.74) is 6.17. The summed E-state index contributed by atoms with van der Waals surface area (Å²) in [4.78, 5) is 27.9. The Balaban J connectivity index is 1.71. The minimum atomic E-state index is -0.130. The first kappa shape index (κ1) is 23.6. The highest BCUT2D eigenvalue weighted by molar-refractivity contribution is 5.95. The third-order valence-corrected chi connectivity index (χ3v) is 5.45. The Morgan fingerprint density at radius 2 is 1.07 bits per heavy atom. The summed E-state index contributed by atoms with van der Waals surface area (Å²) in [6.07, 6.45) is 0. The SMILES string of the molecule is Cc1cccc(N(C)C(=O)COCCOCC(=O)N(C)c2cccc(C)c2C)c1C. The summed E-state index contributed by atoms with van der Waals surface area (Å²) < 4.78 is 10.9. The molecule has 2 amide bonds. The van der Waals surface area contributed by atoms with Crippen molar-refractivity contribution < 1.29 is 19.1 Å². The van der Waals surface area contributed by atoms with Crippen molar-refractivity contribution in [2.45, 2.75) is 27.7 Å². The second kappa shape index (κ2) is 10.9. The van der Waals surface area contributed by atoms with Gasteiger partial charge in [-0.25, -0.2) is 0 Å². The van der Waals surface area contributed by atoms with E-state index in [0.29, 0.717) is 0 Å². The van der Waals surface area contributed by atoms with Gasteiger partial charge in [-0.1, -0.05) is 24.3 Å². The second-order valence-electron chi connectivity index (χ2n) is 7.45. The Kier molecular flexibility index (Phi) is 8.57. The minimum Gasteiger partial charge on any atom is -0.369 e. The molecule has 0 spiro atoms. The minimum absolute atomic E-state index is 0.0381. The number of hydrogen-bond acceptors (Lipinski definition) is 4. The lowest BCUT2D eigenvalue weighted by Gasteiger charge is -2.21. The van der Waals surface area contributed by atoms with Gasteiger partial charge in [0.15, 0.2) is 0 Å². The predicted octanol–water partition coefficient (Wildman–Crippen LogP) is 3.58. The van der Waals surface area contributed by atoms with E-state index in [1.807, 2.05) is 64.1 Å². The van der Waals surface area contributed by atoms with Gasteiger partial charge in [-0.15, -0.1) is 0 Å². The number of amides is 2. The van der Waals surface area contributed by atoms with E-state index in [-0.39, 0.29) is 38.2 Å². The van der Waals surface area contributed by atoms with E-state index in [0.717, 1.165) is 33.6 Å². The average molecular weight is 413 g/mol. The Morgan fingerprint density at radius 3 is 1.43 bits per heavy atom. The van der Waals surface area contributed by atoms with Gasteiger partial charge in [0.1, 0.15) is 13.2 Å². The fourth-order valence-electron chi connectivity index (χ4n) is 3.10. The van der Waals surface area contributed by atoms with Crippen molar-refractivity contribution in [1.82, 2.24) is 0 Å². The summed E-state index contributed by atoms with van der Waals surface area (Å²) >= 11 is 0. The first-order valence-corrected chi connectivity index (χ1v) is 10.0. The van der Waals surface area contributed by atoms with E-state index in [2.05, 4.69) is 0 Å². The molecule has 162 valence electrons. The number of aryl methyl sites for hydroxylation is 2. The highest BCUT2D eigenvalue weighted by Crippen LogP contribution is 2.22. The molecule has 2 rings (SSSR count). The van der Waals surface area contributed by atoms with Crippen LogP contribution in [0.25, 0.3) is 0 Å². The maximum absolute atomic E-state index is 12.4. The zero-order chi connectivity index (χ0) is 22.3. The molecule has 6 nitrogen and oxygen atoms in total. The highest BCUT2D eigenvalue weighted by atomic mass is 16.5.